The molecule has 0 aromatic rings. The minimum absolute atomic E-state index is 0.0573. The predicted octanol–water partition coefficient (Wildman–Crippen LogP) is 1.72. The number of allylic oxidation sites excluding steroid dienone is 2. The molecule has 110 valence electrons. The first-order chi connectivity index (χ1) is 9.66. The molecule has 1 heterocycles. The largest absolute Gasteiger partial charge is 0.359 e. The number of rotatable bonds is 2. The van der Waals surface area contributed by atoms with Crippen molar-refractivity contribution < 1.29 is 9.59 Å². The van der Waals surface area contributed by atoms with Crippen molar-refractivity contribution in [2.75, 3.05) is 20.1 Å². The first-order valence-corrected chi connectivity index (χ1v) is 7.82. The van der Waals surface area contributed by atoms with Gasteiger partial charge in [-0.1, -0.05) is 18.6 Å². The van der Waals surface area contributed by atoms with E-state index in [1.165, 1.54) is 0 Å². The normalized spacial score (nSPS) is 33.2. The number of hydrogen-bond acceptors (Lipinski definition) is 2. The summed E-state index contributed by atoms with van der Waals surface area (Å²) in [5.74, 6) is 0.728. The van der Waals surface area contributed by atoms with Crippen molar-refractivity contribution in [1.82, 2.24) is 10.2 Å². The lowest BCUT2D eigenvalue weighted by Gasteiger charge is -2.30. The Morgan fingerprint density at radius 2 is 2.00 bits per heavy atom. The molecule has 4 heteroatoms. The number of likely N-dealkylation sites (tertiary alicyclic amines) is 1. The summed E-state index contributed by atoms with van der Waals surface area (Å²) in [6.45, 7) is 1.63. The third-order valence-corrected chi connectivity index (χ3v) is 5.52. The summed E-state index contributed by atoms with van der Waals surface area (Å²) in [6, 6.07) is 0. The number of nitrogens with zero attached hydrogens (tertiary/aromatic N) is 1. The summed E-state index contributed by atoms with van der Waals surface area (Å²) in [5, 5.41) is 2.80. The maximum atomic E-state index is 12.5. The number of amides is 2. The SMILES string of the molecule is CNC(=O)[C@H]1CCC[C@]12CCN(C(=O)C1CC=CC1)C2. The van der Waals surface area contributed by atoms with Gasteiger partial charge >= 0.3 is 0 Å². The molecule has 1 spiro atoms. The van der Waals surface area contributed by atoms with E-state index in [1.807, 2.05) is 4.90 Å². The van der Waals surface area contributed by atoms with Crippen LogP contribution in [0.1, 0.15) is 38.5 Å². The zero-order valence-electron chi connectivity index (χ0n) is 12.2. The van der Waals surface area contributed by atoms with Crippen LogP contribution >= 0.6 is 0 Å². The Hall–Kier alpha value is -1.32. The van der Waals surface area contributed by atoms with Crippen LogP contribution < -0.4 is 5.32 Å². The van der Waals surface area contributed by atoms with Crippen LogP contribution in [-0.4, -0.2) is 36.9 Å². The van der Waals surface area contributed by atoms with Gasteiger partial charge < -0.3 is 10.2 Å². The number of nitrogens with one attached hydrogen (secondary N) is 1. The summed E-state index contributed by atoms with van der Waals surface area (Å²) in [6.07, 6.45) is 10.2. The van der Waals surface area contributed by atoms with E-state index in [9.17, 15) is 9.59 Å². The van der Waals surface area contributed by atoms with Gasteiger partial charge in [-0.2, -0.15) is 0 Å². The lowest BCUT2D eigenvalue weighted by molar-refractivity contribution is -0.135. The Labute approximate surface area is 120 Å². The molecule has 1 N–H and O–H groups in total. The molecular formula is C16H24N2O2. The van der Waals surface area contributed by atoms with Crippen molar-refractivity contribution in [2.24, 2.45) is 17.3 Å². The standard InChI is InChI=1S/C16H24N2O2/c1-17-14(19)13-7-4-8-16(13)9-10-18(11-16)15(20)12-5-2-3-6-12/h2-3,12-13H,4-11H2,1H3,(H,17,19)/t13-,16-/m1/s1. The average Bonchev–Trinajstić information content (AvgIpc) is 3.19. The molecule has 2 fully saturated rings. The summed E-state index contributed by atoms with van der Waals surface area (Å²) < 4.78 is 0. The molecule has 0 aromatic carbocycles. The quantitative estimate of drug-likeness (QED) is 0.781. The number of hydrogen-bond donors (Lipinski definition) is 1. The van der Waals surface area contributed by atoms with Gasteiger partial charge in [0.1, 0.15) is 0 Å². The van der Waals surface area contributed by atoms with Gasteiger partial charge in [0.2, 0.25) is 11.8 Å². The van der Waals surface area contributed by atoms with Crippen molar-refractivity contribution in [2.45, 2.75) is 38.5 Å². The Kier molecular flexibility index (Phi) is 3.57. The van der Waals surface area contributed by atoms with E-state index in [1.54, 1.807) is 7.05 Å². The first kappa shape index (κ1) is 13.7. The molecule has 2 atom stereocenters. The average molecular weight is 276 g/mol. The van der Waals surface area contributed by atoms with Crippen LogP contribution in [0.2, 0.25) is 0 Å². The fourth-order valence-electron chi connectivity index (χ4n) is 4.37. The molecule has 2 amide bonds. The van der Waals surface area contributed by atoms with E-state index in [-0.39, 0.29) is 23.2 Å². The van der Waals surface area contributed by atoms with Crippen molar-refractivity contribution in [3.8, 4) is 0 Å². The summed E-state index contributed by atoms with van der Waals surface area (Å²) in [7, 11) is 1.72. The molecule has 4 nitrogen and oxygen atoms in total. The maximum Gasteiger partial charge on any atom is 0.226 e. The molecule has 1 saturated heterocycles. The highest BCUT2D eigenvalue weighted by atomic mass is 16.2. The van der Waals surface area contributed by atoms with Gasteiger partial charge in [-0.15, -0.1) is 0 Å². The second kappa shape index (κ2) is 5.23. The molecule has 1 aliphatic heterocycles. The topological polar surface area (TPSA) is 49.4 Å². The molecule has 0 bridgehead atoms. The molecular weight excluding hydrogens is 252 g/mol. The summed E-state index contributed by atoms with van der Waals surface area (Å²) >= 11 is 0. The fraction of sp³-hybridized carbons (Fsp3) is 0.750. The highest BCUT2D eigenvalue weighted by Gasteiger charge is 2.51. The highest BCUT2D eigenvalue weighted by molar-refractivity contribution is 5.82. The Morgan fingerprint density at radius 3 is 2.70 bits per heavy atom. The molecule has 3 rings (SSSR count). The van der Waals surface area contributed by atoms with Gasteiger partial charge in [0, 0.05) is 37.4 Å². The third-order valence-electron chi connectivity index (χ3n) is 5.52. The van der Waals surface area contributed by atoms with Crippen LogP contribution in [0.5, 0.6) is 0 Å². The van der Waals surface area contributed by atoms with Crippen LogP contribution in [0.15, 0.2) is 12.2 Å². The second-order valence-electron chi connectivity index (χ2n) is 6.57. The van der Waals surface area contributed by atoms with E-state index in [2.05, 4.69) is 17.5 Å². The van der Waals surface area contributed by atoms with Crippen LogP contribution in [0.25, 0.3) is 0 Å². The lowest BCUT2D eigenvalue weighted by Crippen LogP contribution is -2.41. The van der Waals surface area contributed by atoms with Crippen LogP contribution in [0.4, 0.5) is 0 Å². The van der Waals surface area contributed by atoms with Gasteiger partial charge in [0.25, 0.3) is 0 Å². The number of carbonyl (C=O) groups excluding carboxylic acids is 2. The fourth-order valence-corrected chi connectivity index (χ4v) is 4.37. The molecule has 20 heavy (non-hydrogen) atoms. The van der Waals surface area contributed by atoms with Crippen molar-refractivity contribution in [1.29, 1.82) is 0 Å². The second-order valence-corrected chi connectivity index (χ2v) is 6.57. The minimum Gasteiger partial charge on any atom is -0.359 e. The predicted molar refractivity (Wildman–Crippen MR) is 76.9 cm³/mol. The van der Waals surface area contributed by atoms with Crippen LogP contribution in [0, 0.1) is 17.3 Å². The zero-order chi connectivity index (χ0) is 14.2. The monoisotopic (exact) mass is 276 g/mol. The number of carbonyl (C=O) groups is 2. The van der Waals surface area contributed by atoms with E-state index in [0.717, 1.165) is 51.6 Å². The Balaban J connectivity index is 1.69. The third kappa shape index (κ3) is 2.15. The van der Waals surface area contributed by atoms with Crippen LogP contribution in [-0.2, 0) is 9.59 Å². The van der Waals surface area contributed by atoms with Gasteiger partial charge in [-0.3, -0.25) is 9.59 Å². The molecule has 3 aliphatic rings. The lowest BCUT2D eigenvalue weighted by atomic mass is 9.76. The molecule has 0 radical (unpaired) electrons. The van der Waals surface area contributed by atoms with Gasteiger partial charge in [0.05, 0.1) is 0 Å². The zero-order valence-corrected chi connectivity index (χ0v) is 12.2. The van der Waals surface area contributed by atoms with Crippen molar-refractivity contribution >= 4 is 11.8 Å². The van der Waals surface area contributed by atoms with E-state index < -0.39 is 0 Å². The van der Waals surface area contributed by atoms with E-state index in [0.29, 0.717) is 5.91 Å². The smallest absolute Gasteiger partial charge is 0.226 e. The van der Waals surface area contributed by atoms with Crippen LogP contribution in [0.3, 0.4) is 0 Å². The summed E-state index contributed by atoms with van der Waals surface area (Å²) in [5.41, 5.74) is 0.0573. The van der Waals surface area contributed by atoms with Gasteiger partial charge in [-0.05, 0) is 32.1 Å². The van der Waals surface area contributed by atoms with Gasteiger partial charge in [-0.25, -0.2) is 0 Å². The molecule has 2 aliphatic carbocycles. The van der Waals surface area contributed by atoms with E-state index >= 15 is 0 Å². The maximum absolute atomic E-state index is 12.5. The summed E-state index contributed by atoms with van der Waals surface area (Å²) in [4.78, 5) is 26.6. The van der Waals surface area contributed by atoms with Crippen molar-refractivity contribution in [3.05, 3.63) is 12.2 Å². The molecule has 0 aromatic heterocycles. The highest BCUT2D eigenvalue weighted by Crippen LogP contribution is 2.50. The Bertz CT molecular complexity index is 438. The Morgan fingerprint density at radius 1 is 1.25 bits per heavy atom. The molecule has 1 saturated carbocycles. The van der Waals surface area contributed by atoms with Gasteiger partial charge in [0.15, 0.2) is 0 Å². The first-order valence-electron chi connectivity index (χ1n) is 7.82. The molecule has 0 unspecified atom stereocenters. The minimum atomic E-state index is 0.0573. The van der Waals surface area contributed by atoms with E-state index in [4.69, 9.17) is 0 Å². The van der Waals surface area contributed by atoms with Crippen molar-refractivity contribution in [3.63, 3.8) is 0 Å².